The molecule has 4 N–H and O–H groups in total. The van der Waals surface area contributed by atoms with Crippen LogP contribution in [-0.4, -0.2) is 86.6 Å². The minimum absolute atomic E-state index is 0.0899. The summed E-state index contributed by atoms with van der Waals surface area (Å²) in [6.45, 7) is 12.6. The van der Waals surface area contributed by atoms with Crippen LogP contribution >= 0.6 is 0 Å². The molecule has 0 amide bonds. The number of nitrogen functional groups attached to an aromatic ring is 1. The second kappa shape index (κ2) is 12.5. The molecule has 0 bridgehead atoms. The van der Waals surface area contributed by atoms with Gasteiger partial charge in [-0.3, -0.25) is 14.5 Å². The lowest BCUT2D eigenvalue weighted by Crippen LogP contribution is -2.48. The van der Waals surface area contributed by atoms with E-state index >= 15 is 0 Å². The fourth-order valence-corrected chi connectivity index (χ4v) is 5.10. The Bertz CT molecular complexity index is 1150. The maximum absolute atomic E-state index is 9.50. The van der Waals surface area contributed by atoms with Gasteiger partial charge in [-0.15, -0.1) is 0 Å². The minimum atomic E-state index is 0.0899. The van der Waals surface area contributed by atoms with Gasteiger partial charge in [-0.1, -0.05) is 25.5 Å². The lowest BCUT2D eigenvalue weighted by atomic mass is 10.1. The second-order valence-corrected chi connectivity index (χ2v) is 10.2. The fraction of sp³-hybridized carbons (Fsp3) is 0.593. The van der Waals surface area contributed by atoms with Crippen LogP contribution in [0.25, 0.3) is 11.0 Å². The molecular formula is C27H42N8O2. The zero-order valence-electron chi connectivity index (χ0n) is 22.7. The molecular weight excluding hydrogens is 468 g/mol. The molecule has 1 atom stereocenters. The number of piperazine rings is 1. The number of aromatic nitrogens is 4. The summed E-state index contributed by atoms with van der Waals surface area (Å²) in [5, 5.41) is 17.6. The number of aliphatic hydroxyl groups excluding tert-OH is 1. The van der Waals surface area contributed by atoms with E-state index in [9.17, 15) is 5.11 Å². The van der Waals surface area contributed by atoms with Crippen LogP contribution in [0.4, 0.5) is 11.8 Å². The van der Waals surface area contributed by atoms with Crippen LogP contribution in [0.2, 0.25) is 0 Å². The number of nitrogens with two attached hydrogens (primary N) is 1. The predicted octanol–water partition coefficient (Wildman–Crippen LogP) is 2.95. The molecule has 0 unspecified atom stereocenters. The van der Waals surface area contributed by atoms with Gasteiger partial charge in [0.25, 0.3) is 0 Å². The van der Waals surface area contributed by atoms with E-state index in [1.807, 2.05) is 4.68 Å². The third-order valence-electron chi connectivity index (χ3n) is 7.18. The molecule has 0 radical (unpaired) electrons. The van der Waals surface area contributed by atoms with E-state index in [2.05, 4.69) is 69.2 Å². The van der Waals surface area contributed by atoms with E-state index in [0.717, 1.165) is 62.4 Å². The van der Waals surface area contributed by atoms with Gasteiger partial charge in [-0.2, -0.15) is 10.1 Å². The molecule has 0 aliphatic carbocycles. The van der Waals surface area contributed by atoms with E-state index in [1.165, 1.54) is 5.56 Å². The zero-order valence-corrected chi connectivity index (χ0v) is 22.7. The predicted molar refractivity (Wildman–Crippen MR) is 148 cm³/mol. The first-order chi connectivity index (χ1) is 17.9. The van der Waals surface area contributed by atoms with Crippen molar-refractivity contribution >= 4 is 22.8 Å². The van der Waals surface area contributed by atoms with Gasteiger partial charge in [0.15, 0.2) is 5.82 Å². The van der Waals surface area contributed by atoms with Crippen LogP contribution in [0.3, 0.4) is 0 Å². The largest absolute Gasteiger partial charge is 0.496 e. The molecule has 1 fully saturated rings. The van der Waals surface area contributed by atoms with Crippen molar-refractivity contribution in [3.05, 3.63) is 35.5 Å². The van der Waals surface area contributed by atoms with Gasteiger partial charge in [0.2, 0.25) is 5.95 Å². The van der Waals surface area contributed by atoms with E-state index < -0.39 is 0 Å². The van der Waals surface area contributed by atoms with Crippen LogP contribution in [0.5, 0.6) is 5.75 Å². The van der Waals surface area contributed by atoms with Gasteiger partial charge in [0.1, 0.15) is 16.8 Å². The maximum Gasteiger partial charge on any atom is 0.222 e. The fourth-order valence-electron chi connectivity index (χ4n) is 5.10. The molecule has 3 heterocycles. The summed E-state index contributed by atoms with van der Waals surface area (Å²) in [7, 11) is 1.71. The first-order valence-electron chi connectivity index (χ1n) is 13.4. The third-order valence-corrected chi connectivity index (χ3v) is 7.18. The number of hydrogen-bond donors (Lipinski definition) is 3. The zero-order chi connectivity index (χ0) is 26.4. The Morgan fingerprint density at radius 3 is 2.57 bits per heavy atom. The molecule has 1 saturated heterocycles. The Labute approximate surface area is 219 Å². The van der Waals surface area contributed by atoms with Gasteiger partial charge in [0, 0.05) is 57.0 Å². The van der Waals surface area contributed by atoms with Crippen molar-refractivity contribution < 1.29 is 9.84 Å². The average molecular weight is 511 g/mol. The average Bonchev–Trinajstić information content (AvgIpc) is 3.28. The molecule has 0 saturated carbocycles. The third kappa shape index (κ3) is 6.68. The minimum Gasteiger partial charge on any atom is -0.496 e. The number of rotatable bonds is 12. The Kier molecular flexibility index (Phi) is 9.18. The monoisotopic (exact) mass is 510 g/mol. The topological polar surface area (TPSA) is 118 Å². The number of fused-ring (bicyclic) bond motifs is 1. The van der Waals surface area contributed by atoms with Crippen molar-refractivity contribution in [2.24, 2.45) is 0 Å². The van der Waals surface area contributed by atoms with Crippen LogP contribution in [0.1, 0.15) is 51.2 Å². The highest BCUT2D eigenvalue weighted by Crippen LogP contribution is 2.27. The summed E-state index contributed by atoms with van der Waals surface area (Å²) in [5.41, 5.74) is 9.75. The first-order valence-corrected chi connectivity index (χ1v) is 13.4. The van der Waals surface area contributed by atoms with Crippen molar-refractivity contribution in [2.75, 3.05) is 50.9 Å². The standard InChI is InChI=1S/C27H42N8O2/c1-5-6-22(9-14-36)30-26-25-23(31-27(28)32-26)16-29-35(25)18-21-8-7-20(15-24(21)37-4)17-33-10-12-34(13-11-33)19(2)3/h7-8,15-16,19,22,36H,5-6,9-14,17-18H2,1-4H3,(H3,28,30,31,32)/t22-/m0/s1. The summed E-state index contributed by atoms with van der Waals surface area (Å²) in [4.78, 5) is 13.9. The molecule has 2 aromatic heterocycles. The van der Waals surface area contributed by atoms with Gasteiger partial charge >= 0.3 is 0 Å². The SMILES string of the molecule is CCC[C@@H](CCO)Nc1nc(N)nc2cnn(Cc3ccc(CN4CCN(C(C)C)CC4)cc3OC)c12. The Morgan fingerprint density at radius 2 is 1.89 bits per heavy atom. The normalized spacial score (nSPS) is 15.9. The smallest absolute Gasteiger partial charge is 0.222 e. The number of anilines is 2. The molecule has 0 spiro atoms. The summed E-state index contributed by atoms with van der Waals surface area (Å²) in [6.07, 6.45) is 4.27. The Morgan fingerprint density at radius 1 is 1.11 bits per heavy atom. The highest BCUT2D eigenvalue weighted by molar-refractivity contribution is 5.86. The summed E-state index contributed by atoms with van der Waals surface area (Å²) >= 11 is 0. The lowest BCUT2D eigenvalue weighted by Gasteiger charge is -2.37. The van der Waals surface area contributed by atoms with Crippen LogP contribution in [0, 0.1) is 0 Å². The number of methoxy groups -OCH3 is 1. The summed E-state index contributed by atoms with van der Waals surface area (Å²) in [5.74, 6) is 1.69. The molecule has 1 aromatic carbocycles. The highest BCUT2D eigenvalue weighted by Gasteiger charge is 2.20. The summed E-state index contributed by atoms with van der Waals surface area (Å²) in [6, 6.07) is 7.15. The second-order valence-electron chi connectivity index (χ2n) is 10.2. The molecule has 202 valence electrons. The molecule has 3 aromatic rings. The van der Waals surface area contributed by atoms with E-state index in [4.69, 9.17) is 10.5 Å². The Hall–Kier alpha value is -2.95. The van der Waals surface area contributed by atoms with Crippen LogP contribution in [0.15, 0.2) is 24.4 Å². The quantitative estimate of drug-likeness (QED) is 0.338. The number of aliphatic hydroxyl groups is 1. The molecule has 10 nitrogen and oxygen atoms in total. The van der Waals surface area contributed by atoms with Crippen molar-refractivity contribution in [3.63, 3.8) is 0 Å². The number of nitrogens with one attached hydrogen (secondary N) is 1. The number of benzene rings is 1. The van der Waals surface area contributed by atoms with Crippen molar-refractivity contribution in [1.82, 2.24) is 29.5 Å². The van der Waals surface area contributed by atoms with Crippen molar-refractivity contribution in [3.8, 4) is 5.75 Å². The number of hydrogen-bond acceptors (Lipinski definition) is 9. The molecule has 1 aliphatic heterocycles. The van der Waals surface area contributed by atoms with Gasteiger partial charge in [-0.25, -0.2) is 4.98 Å². The number of nitrogens with zero attached hydrogens (tertiary/aromatic N) is 6. The molecule has 37 heavy (non-hydrogen) atoms. The van der Waals surface area contributed by atoms with Gasteiger partial charge in [0.05, 0.1) is 19.9 Å². The van der Waals surface area contributed by atoms with E-state index in [1.54, 1.807) is 13.3 Å². The van der Waals surface area contributed by atoms with Gasteiger partial charge < -0.3 is 20.9 Å². The first kappa shape index (κ1) is 27.1. The molecule has 10 heteroatoms. The van der Waals surface area contributed by atoms with Crippen molar-refractivity contribution in [2.45, 2.75) is 65.2 Å². The number of ether oxygens (including phenoxy) is 1. The Balaban J connectivity index is 1.53. The highest BCUT2D eigenvalue weighted by atomic mass is 16.5. The maximum atomic E-state index is 9.50. The van der Waals surface area contributed by atoms with Gasteiger partial charge in [-0.05, 0) is 38.3 Å². The van der Waals surface area contributed by atoms with E-state index in [-0.39, 0.29) is 18.6 Å². The molecule has 4 rings (SSSR count). The lowest BCUT2D eigenvalue weighted by molar-refractivity contribution is 0.104. The summed E-state index contributed by atoms with van der Waals surface area (Å²) < 4.78 is 7.69. The van der Waals surface area contributed by atoms with Crippen LogP contribution < -0.4 is 15.8 Å². The van der Waals surface area contributed by atoms with E-state index in [0.29, 0.717) is 30.3 Å². The van der Waals surface area contributed by atoms with Crippen molar-refractivity contribution in [1.29, 1.82) is 0 Å². The molecule has 1 aliphatic rings. The van der Waals surface area contributed by atoms with Crippen LogP contribution in [-0.2, 0) is 13.1 Å².